The van der Waals surface area contributed by atoms with Crippen molar-refractivity contribution < 1.29 is 20.8 Å². The number of benzene rings is 1. The molecule has 0 amide bonds. The highest BCUT2D eigenvalue weighted by Gasteiger charge is 2.11. The highest BCUT2D eigenvalue weighted by Crippen LogP contribution is 2.16. The average molecular weight is 306 g/mol. The Morgan fingerprint density at radius 1 is 1.11 bits per heavy atom. The van der Waals surface area contributed by atoms with Gasteiger partial charge in [-0.2, -0.15) is 17.1 Å². The van der Waals surface area contributed by atoms with Crippen LogP contribution >= 0.6 is 0 Å². The Balaban J connectivity index is 0.00000324. The number of halogens is 1. The molecule has 0 radical (unpaired) electrons. The average Bonchev–Trinajstić information content (AvgIpc) is 2.25. The highest BCUT2D eigenvalue weighted by atomic mass is 35.5. The van der Waals surface area contributed by atoms with E-state index in [1.54, 1.807) is 0 Å². The van der Waals surface area contributed by atoms with Gasteiger partial charge in [-0.25, -0.2) is 0 Å². The van der Waals surface area contributed by atoms with Crippen LogP contribution in [0.1, 0.15) is 5.56 Å². The molecule has 0 aliphatic carbocycles. The third-order valence-electron chi connectivity index (χ3n) is 2.46. The van der Waals surface area contributed by atoms with E-state index in [0.717, 1.165) is 15.6 Å². The van der Waals surface area contributed by atoms with Crippen LogP contribution in [0.25, 0.3) is 0 Å². The molecule has 0 aromatic heterocycles. The maximum atomic E-state index is 11.5. The first-order chi connectivity index (χ1) is 8.13. The zero-order chi connectivity index (χ0) is 14.0. The minimum Gasteiger partial charge on any atom is -1.00 e. The second-order valence-corrected chi connectivity index (χ2v) is 6.94. The monoisotopic (exact) mass is 305 g/mol. The van der Waals surface area contributed by atoms with Crippen LogP contribution in [0, 0.1) is 0 Å². The van der Waals surface area contributed by atoms with Gasteiger partial charge in [-0.05, 0) is 29.8 Å². The van der Waals surface area contributed by atoms with Crippen molar-refractivity contribution in [2.75, 3.05) is 35.2 Å². The van der Waals surface area contributed by atoms with Gasteiger partial charge in [0, 0.05) is 20.3 Å². The second-order valence-electron chi connectivity index (χ2n) is 5.10. The Kier molecular flexibility index (Phi) is 6.15. The zero-order valence-corrected chi connectivity index (χ0v) is 13.4. The Morgan fingerprint density at radius 3 is 1.95 bits per heavy atom. The summed E-state index contributed by atoms with van der Waals surface area (Å²) in [6, 6.07) is 7.63. The van der Waals surface area contributed by atoms with Gasteiger partial charge >= 0.3 is 10.2 Å². The van der Waals surface area contributed by atoms with Crippen LogP contribution in [-0.4, -0.2) is 54.2 Å². The van der Waals surface area contributed by atoms with Crippen molar-refractivity contribution in [2.24, 2.45) is 4.40 Å². The van der Waals surface area contributed by atoms with Crippen molar-refractivity contribution in [3.8, 4) is 0 Å². The van der Waals surface area contributed by atoms with Gasteiger partial charge < -0.3 is 12.4 Å². The SMILES string of the molecule is CN(C)S(=O)(=O)N=Cc1ccc([N+](C)(C)C)cc1.[Cl-]. The first-order valence-corrected chi connectivity index (χ1v) is 6.92. The quantitative estimate of drug-likeness (QED) is 0.483. The Hall–Kier alpha value is -0.950. The van der Waals surface area contributed by atoms with Crippen molar-refractivity contribution in [2.45, 2.75) is 0 Å². The molecule has 0 bridgehead atoms. The lowest BCUT2D eigenvalue weighted by Crippen LogP contribution is -3.00. The van der Waals surface area contributed by atoms with Gasteiger partial charge in [0.15, 0.2) is 0 Å². The maximum absolute atomic E-state index is 11.5. The van der Waals surface area contributed by atoms with Crippen molar-refractivity contribution in [1.82, 2.24) is 8.79 Å². The zero-order valence-electron chi connectivity index (χ0n) is 11.8. The van der Waals surface area contributed by atoms with Gasteiger partial charge in [-0.1, -0.05) is 0 Å². The largest absolute Gasteiger partial charge is 1.00 e. The summed E-state index contributed by atoms with van der Waals surface area (Å²) in [6.07, 6.45) is 1.36. The van der Waals surface area contributed by atoms with Crippen molar-refractivity contribution >= 4 is 22.1 Å². The molecule has 1 rings (SSSR count). The summed E-state index contributed by atoms with van der Waals surface area (Å²) >= 11 is 0. The second kappa shape index (κ2) is 6.47. The Bertz CT molecular complexity index is 531. The minimum absolute atomic E-state index is 0. The first kappa shape index (κ1) is 18.0. The molecule has 0 saturated carbocycles. The van der Waals surface area contributed by atoms with E-state index in [2.05, 4.69) is 25.5 Å². The maximum Gasteiger partial charge on any atom is 0.321 e. The van der Waals surface area contributed by atoms with E-state index in [-0.39, 0.29) is 12.4 Å². The molecule has 5 nitrogen and oxygen atoms in total. The molecule has 0 aliphatic heterocycles. The molecular weight excluding hydrogens is 286 g/mol. The number of hydrogen-bond donors (Lipinski definition) is 0. The fraction of sp³-hybridized carbons (Fsp3) is 0.417. The lowest BCUT2D eigenvalue weighted by molar-refractivity contribution is -0.00000658. The van der Waals surface area contributed by atoms with Gasteiger partial charge in [0.1, 0.15) is 5.69 Å². The van der Waals surface area contributed by atoms with Crippen LogP contribution in [-0.2, 0) is 10.2 Å². The predicted molar refractivity (Wildman–Crippen MR) is 76.2 cm³/mol. The molecule has 1 aromatic rings. The summed E-state index contributed by atoms with van der Waals surface area (Å²) in [5, 5.41) is 0. The predicted octanol–water partition coefficient (Wildman–Crippen LogP) is -1.89. The number of rotatable bonds is 4. The lowest BCUT2D eigenvalue weighted by atomic mass is 10.2. The van der Waals surface area contributed by atoms with Gasteiger partial charge in [-0.15, -0.1) is 0 Å². The van der Waals surface area contributed by atoms with E-state index in [9.17, 15) is 8.42 Å². The molecule has 0 aliphatic rings. The highest BCUT2D eigenvalue weighted by molar-refractivity contribution is 7.87. The van der Waals surface area contributed by atoms with Crippen molar-refractivity contribution in [3.63, 3.8) is 0 Å². The summed E-state index contributed by atoms with van der Waals surface area (Å²) in [6.45, 7) is 0. The van der Waals surface area contributed by atoms with Crippen molar-refractivity contribution in [1.29, 1.82) is 0 Å². The van der Waals surface area contributed by atoms with E-state index >= 15 is 0 Å². The summed E-state index contributed by atoms with van der Waals surface area (Å²) < 4.78 is 28.3. The van der Waals surface area contributed by atoms with Crippen LogP contribution in [0.2, 0.25) is 0 Å². The molecule has 0 unspecified atom stereocenters. The standard InChI is InChI=1S/C12H20N3O2S.ClH/c1-14(2)18(16,17)13-10-11-6-8-12(9-7-11)15(3,4)5;/h6-10H,1-5H3;1H/q+1;/p-1. The van der Waals surface area contributed by atoms with E-state index < -0.39 is 10.2 Å². The molecule has 0 atom stereocenters. The fourth-order valence-electron chi connectivity index (χ4n) is 1.23. The normalized spacial score (nSPS) is 12.7. The molecule has 19 heavy (non-hydrogen) atoms. The fourth-order valence-corrected chi connectivity index (χ4v) is 1.67. The Labute approximate surface area is 121 Å². The lowest BCUT2D eigenvalue weighted by Gasteiger charge is -2.23. The van der Waals surface area contributed by atoms with Crippen LogP contribution in [0.5, 0.6) is 0 Å². The summed E-state index contributed by atoms with van der Waals surface area (Å²) in [4.78, 5) is 0. The number of nitrogens with zero attached hydrogens (tertiary/aromatic N) is 3. The molecule has 0 spiro atoms. The van der Waals surface area contributed by atoms with Crippen LogP contribution in [0.3, 0.4) is 0 Å². The van der Waals surface area contributed by atoms with Gasteiger partial charge in [-0.3, -0.25) is 4.48 Å². The molecule has 1 aromatic carbocycles. The number of hydrogen-bond acceptors (Lipinski definition) is 2. The molecular formula is C12H20ClN3O2S. The minimum atomic E-state index is -3.54. The van der Waals surface area contributed by atoms with E-state index in [0.29, 0.717) is 4.48 Å². The van der Waals surface area contributed by atoms with Crippen LogP contribution in [0.15, 0.2) is 28.7 Å². The van der Waals surface area contributed by atoms with Crippen LogP contribution in [0.4, 0.5) is 5.69 Å². The van der Waals surface area contributed by atoms with Crippen molar-refractivity contribution in [3.05, 3.63) is 29.8 Å². The molecule has 108 valence electrons. The third kappa shape index (κ3) is 5.28. The van der Waals surface area contributed by atoms with E-state index in [1.165, 1.54) is 20.3 Å². The van der Waals surface area contributed by atoms with E-state index in [4.69, 9.17) is 0 Å². The Morgan fingerprint density at radius 2 is 1.58 bits per heavy atom. The smallest absolute Gasteiger partial charge is 0.321 e. The molecule has 0 N–H and O–H groups in total. The summed E-state index contributed by atoms with van der Waals surface area (Å²) in [5.74, 6) is 0. The van der Waals surface area contributed by atoms with Crippen LogP contribution < -0.4 is 16.9 Å². The summed E-state index contributed by atoms with van der Waals surface area (Å²) in [5.41, 5.74) is 1.90. The summed E-state index contributed by atoms with van der Waals surface area (Å²) in [7, 11) is 5.57. The van der Waals surface area contributed by atoms with Gasteiger partial charge in [0.2, 0.25) is 0 Å². The molecule has 7 heteroatoms. The van der Waals surface area contributed by atoms with Gasteiger partial charge in [0.05, 0.1) is 21.1 Å². The van der Waals surface area contributed by atoms with Gasteiger partial charge in [0.25, 0.3) is 0 Å². The van der Waals surface area contributed by atoms with E-state index in [1.807, 2.05) is 24.3 Å². The first-order valence-electron chi connectivity index (χ1n) is 5.53. The molecule has 0 fully saturated rings. The molecule has 0 saturated heterocycles. The molecule has 0 heterocycles. The third-order valence-corrected chi connectivity index (χ3v) is 3.76. The topological polar surface area (TPSA) is 49.7 Å². The number of quaternary nitrogens is 1.